The van der Waals surface area contributed by atoms with E-state index in [1.54, 1.807) is 18.2 Å². The van der Waals surface area contributed by atoms with Gasteiger partial charge in [-0.1, -0.05) is 23.7 Å². The first kappa shape index (κ1) is 14.6. The van der Waals surface area contributed by atoms with Gasteiger partial charge in [0.1, 0.15) is 5.75 Å². The fraction of sp³-hybridized carbons (Fsp3) is 0.143. The minimum absolute atomic E-state index is 0.134. The Labute approximate surface area is 126 Å². The van der Waals surface area contributed by atoms with Crippen LogP contribution in [0.3, 0.4) is 0 Å². The zero-order valence-corrected chi connectivity index (χ0v) is 12.1. The standard InChI is InChI=1S/C14H11Cl2NO3/c1-9-2-4-13(11(16)6-9)20-14-5-3-10(8-15)7-12(14)17(18)19/h2-7H,8H2,1H3. The predicted octanol–water partition coefficient (Wildman–Crippen LogP) is 5.09. The van der Waals surface area contributed by atoms with E-state index in [1.807, 2.05) is 13.0 Å². The molecule has 0 aliphatic carbocycles. The van der Waals surface area contributed by atoms with Crippen LogP contribution in [0.25, 0.3) is 0 Å². The number of halogens is 2. The average molecular weight is 312 g/mol. The highest BCUT2D eigenvalue weighted by Crippen LogP contribution is 2.35. The van der Waals surface area contributed by atoms with Gasteiger partial charge in [-0.3, -0.25) is 10.1 Å². The van der Waals surface area contributed by atoms with E-state index >= 15 is 0 Å². The van der Waals surface area contributed by atoms with Gasteiger partial charge in [0.15, 0.2) is 0 Å². The number of rotatable bonds is 4. The molecule has 2 aromatic carbocycles. The lowest BCUT2D eigenvalue weighted by Crippen LogP contribution is -1.95. The molecule has 4 nitrogen and oxygen atoms in total. The van der Waals surface area contributed by atoms with Crippen molar-refractivity contribution in [2.75, 3.05) is 0 Å². The maximum absolute atomic E-state index is 11.1. The molecule has 0 fully saturated rings. The fourth-order valence-electron chi connectivity index (χ4n) is 1.68. The molecule has 2 aromatic rings. The van der Waals surface area contributed by atoms with Crippen molar-refractivity contribution in [3.63, 3.8) is 0 Å². The highest BCUT2D eigenvalue weighted by molar-refractivity contribution is 6.32. The first-order chi connectivity index (χ1) is 9.51. The van der Waals surface area contributed by atoms with Crippen molar-refractivity contribution in [1.29, 1.82) is 0 Å². The zero-order valence-electron chi connectivity index (χ0n) is 10.6. The quantitative estimate of drug-likeness (QED) is 0.449. The van der Waals surface area contributed by atoms with E-state index in [0.29, 0.717) is 16.3 Å². The van der Waals surface area contributed by atoms with E-state index in [0.717, 1.165) is 5.56 Å². The van der Waals surface area contributed by atoms with Crippen LogP contribution in [0, 0.1) is 17.0 Å². The number of nitro groups is 1. The molecule has 0 N–H and O–H groups in total. The van der Waals surface area contributed by atoms with Gasteiger partial charge in [-0.25, -0.2) is 0 Å². The van der Waals surface area contributed by atoms with Crippen molar-refractivity contribution < 1.29 is 9.66 Å². The highest BCUT2D eigenvalue weighted by atomic mass is 35.5. The maximum atomic E-state index is 11.1. The van der Waals surface area contributed by atoms with Gasteiger partial charge >= 0.3 is 5.69 Å². The molecular weight excluding hydrogens is 301 g/mol. The molecule has 6 heteroatoms. The molecule has 0 aliphatic rings. The van der Waals surface area contributed by atoms with Crippen LogP contribution >= 0.6 is 23.2 Å². The molecule has 0 unspecified atom stereocenters. The number of ether oxygens (including phenoxy) is 1. The van der Waals surface area contributed by atoms with E-state index in [-0.39, 0.29) is 17.3 Å². The normalized spacial score (nSPS) is 10.3. The third-order valence-corrected chi connectivity index (χ3v) is 3.29. The summed E-state index contributed by atoms with van der Waals surface area (Å²) in [6.45, 7) is 1.90. The number of alkyl halides is 1. The molecule has 0 heterocycles. The third kappa shape index (κ3) is 3.21. The van der Waals surface area contributed by atoms with Crippen molar-refractivity contribution in [2.24, 2.45) is 0 Å². The van der Waals surface area contributed by atoms with Crippen molar-refractivity contribution in [1.82, 2.24) is 0 Å². The van der Waals surface area contributed by atoms with E-state index in [4.69, 9.17) is 27.9 Å². The van der Waals surface area contributed by atoms with Crippen LogP contribution in [0.2, 0.25) is 5.02 Å². The predicted molar refractivity (Wildman–Crippen MR) is 78.9 cm³/mol. The minimum Gasteiger partial charge on any atom is -0.449 e. The molecule has 0 spiro atoms. The highest BCUT2D eigenvalue weighted by Gasteiger charge is 2.17. The van der Waals surface area contributed by atoms with Crippen molar-refractivity contribution in [3.8, 4) is 11.5 Å². The molecule has 20 heavy (non-hydrogen) atoms. The molecule has 0 aromatic heterocycles. The lowest BCUT2D eigenvalue weighted by molar-refractivity contribution is -0.385. The van der Waals surface area contributed by atoms with Gasteiger partial charge in [-0.05, 0) is 36.2 Å². The molecule has 0 aliphatic heterocycles. The number of hydrogen-bond donors (Lipinski definition) is 0. The molecule has 0 saturated heterocycles. The Bertz CT molecular complexity index is 659. The third-order valence-electron chi connectivity index (χ3n) is 2.68. The molecule has 0 atom stereocenters. The van der Waals surface area contributed by atoms with E-state index in [1.165, 1.54) is 12.1 Å². The second kappa shape index (κ2) is 6.11. The summed E-state index contributed by atoms with van der Waals surface area (Å²) < 4.78 is 5.54. The van der Waals surface area contributed by atoms with Gasteiger partial charge in [0.25, 0.3) is 0 Å². The molecule has 0 saturated carbocycles. The van der Waals surface area contributed by atoms with Crippen LogP contribution in [-0.2, 0) is 5.88 Å². The van der Waals surface area contributed by atoms with Gasteiger partial charge in [-0.2, -0.15) is 0 Å². The maximum Gasteiger partial charge on any atom is 0.311 e. The summed E-state index contributed by atoms with van der Waals surface area (Å²) in [5.41, 5.74) is 1.50. The lowest BCUT2D eigenvalue weighted by Gasteiger charge is -2.09. The molecule has 0 radical (unpaired) electrons. The topological polar surface area (TPSA) is 52.4 Å². The number of hydrogen-bond acceptors (Lipinski definition) is 3. The van der Waals surface area contributed by atoms with Gasteiger partial charge in [0.2, 0.25) is 5.75 Å². The second-order valence-electron chi connectivity index (χ2n) is 4.23. The Morgan fingerprint density at radius 2 is 1.90 bits per heavy atom. The van der Waals surface area contributed by atoms with Crippen LogP contribution in [0.4, 0.5) is 5.69 Å². The Morgan fingerprint density at radius 3 is 2.50 bits per heavy atom. The van der Waals surface area contributed by atoms with E-state index < -0.39 is 4.92 Å². The second-order valence-corrected chi connectivity index (χ2v) is 4.90. The largest absolute Gasteiger partial charge is 0.449 e. The molecule has 104 valence electrons. The Hall–Kier alpha value is -1.78. The Kier molecular flexibility index (Phi) is 4.47. The molecule has 2 rings (SSSR count). The van der Waals surface area contributed by atoms with Gasteiger partial charge in [0.05, 0.1) is 9.95 Å². The lowest BCUT2D eigenvalue weighted by atomic mass is 10.2. The number of nitrogens with zero attached hydrogens (tertiary/aromatic N) is 1. The monoisotopic (exact) mass is 311 g/mol. The summed E-state index contributed by atoms with van der Waals surface area (Å²) in [4.78, 5) is 10.6. The SMILES string of the molecule is Cc1ccc(Oc2ccc(CCl)cc2[N+](=O)[O-])c(Cl)c1. The number of aryl methyl sites for hydroxylation is 1. The van der Waals surface area contributed by atoms with E-state index in [9.17, 15) is 10.1 Å². The Balaban J connectivity index is 2.40. The van der Waals surface area contributed by atoms with Gasteiger partial charge in [-0.15, -0.1) is 11.6 Å². The van der Waals surface area contributed by atoms with Crippen molar-refractivity contribution >= 4 is 28.9 Å². The van der Waals surface area contributed by atoms with Crippen LogP contribution in [0.15, 0.2) is 36.4 Å². The summed E-state index contributed by atoms with van der Waals surface area (Å²) in [7, 11) is 0. The van der Waals surface area contributed by atoms with Gasteiger partial charge in [0, 0.05) is 11.9 Å². The first-order valence-electron chi connectivity index (χ1n) is 5.78. The minimum atomic E-state index is -0.506. The molecule has 0 bridgehead atoms. The molecule has 0 amide bonds. The number of nitro benzene ring substituents is 1. The zero-order chi connectivity index (χ0) is 14.7. The summed E-state index contributed by atoms with van der Waals surface area (Å²) in [6, 6.07) is 9.82. The summed E-state index contributed by atoms with van der Waals surface area (Å²) in [5, 5.41) is 11.5. The van der Waals surface area contributed by atoms with Crippen LogP contribution < -0.4 is 4.74 Å². The van der Waals surface area contributed by atoms with Crippen molar-refractivity contribution in [3.05, 3.63) is 62.7 Å². The van der Waals surface area contributed by atoms with Crippen LogP contribution in [0.5, 0.6) is 11.5 Å². The van der Waals surface area contributed by atoms with E-state index in [2.05, 4.69) is 0 Å². The average Bonchev–Trinajstić information content (AvgIpc) is 2.42. The fourth-order valence-corrected chi connectivity index (χ4v) is 2.12. The summed E-state index contributed by atoms with van der Waals surface area (Å²) in [5.74, 6) is 0.709. The van der Waals surface area contributed by atoms with Crippen molar-refractivity contribution in [2.45, 2.75) is 12.8 Å². The molecular formula is C14H11Cl2NO3. The Morgan fingerprint density at radius 1 is 1.20 bits per heavy atom. The van der Waals surface area contributed by atoms with Crippen LogP contribution in [0.1, 0.15) is 11.1 Å². The summed E-state index contributed by atoms with van der Waals surface area (Å²) in [6.07, 6.45) is 0. The number of benzene rings is 2. The summed E-state index contributed by atoms with van der Waals surface area (Å²) >= 11 is 11.7. The first-order valence-corrected chi connectivity index (χ1v) is 6.70. The van der Waals surface area contributed by atoms with Crippen LogP contribution in [-0.4, -0.2) is 4.92 Å². The smallest absolute Gasteiger partial charge is 0.311 e. The van der Waals surface area contributed by atoms with Gasteiger partial charge < -0.3 is 4.74 Å².